The zero-order valence-corrected chi connectivity index (χ0v) is 33.2. The van der Waals surface area contributed by atoms with Gasteiger partial charge in [-0.15, -0.1) is 0 Å². The van der Waals surface area contributed by atoms with Gasteiger partial charge in [-0.2, -0.15) is 0 Å². The number of anilines is 3. The van der Waals surface area contributed by atoms with Crippen LogP contribution in [0.4, 0.5) is 17.1 Å². The summed E-state index contributed by atoms with van der Waals surface area (Å²) in [5.41, 5.74) is 11.8. The molecule has 0 atom stereocenters. The summed E-state index contributed by atoms with van der Waals surface area (Å²) in [4.78, 5) is 1.79. The molecular formula is C59H38N2O. The Morgan fingerprint density at radius 3 is 1.81 bits per heavy atom. The molecule has 1 aliphatic carbocycles. The van der Waals surface area contributed by atoms with Crippen LogP contribution in [-0.2, 0) is 5.41 Å². The minimum Gasteiger partial charge on any atom is -0.456 e. The lowest BCUT2D eigenvalue weighted by atomic mass is 9.67. The molecule has 0 saturated carbocycles. The van der Waals surface area contributed by atoms with Gasteiger partial charge < -0.3 is 13.9 Å². The summed E-state index contributed by atoms with van der Waals surface area (Å²) in [6.45, 7) is 0. The summed E-state index contributed by atoms with van der Waals surface area (Å²) in [5, 5.41) is 3.31. The third-order valence-electron chi connectivity index (χ3n) is 12.7. The highest BCUT2D eigenvalue weighted by Crippen LogP contribution is 2.56. The molecule has 0 fully saturated rings. The van der Waals surface area contributed by atoms with Gasteiger partial charge in [0.15, 0.2) is 0 Å². The summed E-state index contributed by atoms with van der Waals surface area (Å²) in [7, 11) is 0. The number of para-hydroxylation sites is 2. The van der Waals surface area contributed by atoms with Crippen molar-refractivity contribution in [3.8, 4) is 16.8 Å². The quantitative estimate of drug-likeness (QED) is 0.167. The van der Waals surface area contributed by atoms with Crippen LogP contribution in [0.3, 0.4) is 0 Å². The van der Waals surface area contributed by atoms with Crippen LogP contribution < -0.4 is 4.90 Å². The largest absolute Gasteiger partial charge is 0.456 e. The molecule has 0 bridgehead atoms. The first-order valence-corrected chi connectivity index (χ1v) is 20.8. The summed E-state index contributed by atoms with van der Waals surface area (Å²) in [5.74, 6) is 0. The molecule has 2 aromatic heterocycles. The van der Waals surface area contributed by atoms with E-state index < -0.39 is 35.6 Å². The van der Waals surface area contributed by atoms with E-state index in [1.54, 1.807) is 4.90 Å². The first kappa shape index (κ1) is 28.3. The van der Waals surface area contributed by atoms with E-state index >= 15 is 0 Å². The van der Waals surface area contributed by atoms with Crippen LogP contribution in [0.15, 0.2) is 235 Å². The molecule has 290 valence electrons. The van der Waals surface area contributed by atoms with E-state index in [0.29, 0.717) is 22.5 Å². The SMILES string of the molecule is [2H]c1c([2H])c([2H])c2c([2H])c(N(c3ccc4oc5ccccc5c4c3)c3ccc4c(c3)c3cc(C5(c6ccccc6)c6ccccc6-c6ccccc65)ccc3n4-c3ccccc3)c([2H])c([2H])c2c1[2H]. The van der Waals surface area contributed by atoms with Gasteiger partial charge in [0.25, 0.3) is 0 Å². The van der Waals surface area contributed by atoms with Crippen molar-refractivity contribution in [3.05, 3.63) is 253 Å². The summed E-state index contributed by atoms with van der Waals surface area (Å²) < 4.78 is 72.1. The Labute approximate surface area is 368 Å². The minimum absolute atomic E-state index is 0.0127. The van der Waals surface area contributed by atoms with Crippen LogP contribution in [0.1, 0.15) is 31.8 Å². The number of hydrogen-bond donors (Lipinski definition) is 0. The van der Waals surface area contributed by atoms with Crippen molar-refractivity contribution < 1.29 is 14.0 Å². The second-order valence-electron chi connectivity index (χ2n) is 15.9. The highest BCUT2D eigenvalue weighted by molar-refractivity contribution is 6.12. The highest BCUT2D eigenvalue weighted by Gasteiger charge is 2.46. The Balaban J connectivity index is 1.14. The maximum absolute atomic E-state index is 9.82. The fourth-order valence-corrected chi connectivity index (χ4v) is 10.1. The van der Waals surface area contributed by atoms with Gasteiger partial charge in [0.05, 0.1) is 26.0 Å². The molecule has 0 amide bonds. The molecule has 1 aliphatic rings. The predicted octanol–water partition coefficient (Wildman–Crippen LogP) is 15.7. The van der Waals surface area contributed by atoms with Gasteiger partial charge in [0.1, 0.15) is 11.2 Å². The smallest absolute Gasteiger partial charge is 0.135 e. The van der Waals surface area contributed by atoms with E-state index in [1.807, 2.05) is 66.7 Å². The van der Waals surface area contributed by atoms with E-state index in [1.165, 1.54) is 22.3 Å². The summed E-state index contributed by atoms with van der Waals surface area (Å²) in [6.07, 6.45) is 0. The number of nitrogens with zero attached hydrogens (tertiary/aromatic N) is 2. The molecule has 0 N–H and O–H groups in total. The third kappa shape index (κ3) is 5.00. The Bertz CT molecular complexity index is 4080. The third-order valence-corrected chi connectivity index (χ3v) is 12.7. The van der Waals surface area contributed by atoms with E-state index in [2.05, 4.69) is 126 Å². The van der Waals surface area contributed by atoms with Gasteiger partial charge >= 0.3 is 0 Å². The van der Waals surface area contributed by atoms with Crippen LogP contribution in [0, 0.1) is 0 Å². The molecule has 3 nitrogen and oxygen atoms in total. The second kappa shape index (κ2) is 13.4. The summed E-state index contributed by atoms with van der Waals surface area (Å²) >= 11 is 0. The number of aromatic nitrogens is 1. The molecule has 13 rings (SSSR count). The lowest BCUT2D eigenvalue weighted by Gasteiger charge is -2.34. The lowest BCUT2D eigenvalue weighted by molar-refractivity contribution is 0.669. The average Bonchev–Trinajstić information content (AvgIpc) is 4.03. The van der Waals surface area contributed by atoms with Crippen molar-refractivity contribution in [2.45, 2.75) is 5.41 Å². The van der Waals surface area contributed by atoms with Crippen LogP contribution in [0.5, 0.6) is 0 Å². The van der Waals surface area contributed by atoms with Crippen LogP contribution in [-0.4, -0.2) is 4.57 Å². The van der Waals surface area contributed by atoms with E-state index in [-0.39, 0.29) is 28.5 Å². The zero-order valence-electron chi connectivity index (χ0n) is 40.2. The topological polar surface area (TPSA) is 21.3 Å². The Hall–Kier alpha value is -8.14. The predicted molar refractivity (Wildman–Crippen MR) is 258 cm³/mol. The minimum atomic E-state index is -0.660. The van der Waals surface area contributed by atoms with E-state index in [9.17, 15) is 4.11 Å². The van der Waals surface area contributed by atoms with Gasteiger partial charge in [-0.25, -0.2) is 0 Å². The first-order valence-electron chi connectivity index (χ1n) is 24.3. The van der Waals surface area contributed by atoms with Crippen molar-refractivity contribution in [1.82, 2.24) is 4.57 Å². The van der Waals surface area contributed by atoms with Crippen molar-refractivity contribution in [3.63, 3.8) is 0 Å². The molecule has 62 heavy (non-hydrogen) atoms. The standard InChI is InChI=1S/C59H38N2O/c1-3-17-41(18-4-1)59(53-24-12-9-21-47(53)48-22-10-13-25-54(48)59)42-28-32-55-50(36-42)51-37-45(30-33-56(51)61(55)43-19-5-2-6-20-43)60(44-29-27-39-15-7-8-16-40(39)35-44)46-31-34-58-52(38-46)49-23-11-14-26-57(49)62-58/h1-38H/i7D,8D,15D,16D,27D,29D,35D. The maximum Gasteiger partial charge on any atom is 0.135 e. The lowest BCUT2D eigenvalue weighted by Crippen LogP contribution is -2.28. The van der Waals surface area contributed by atoms with Crippen molar-refractivity contribution >= 4 is 71.6 Å². The Morgan fingerprint density at radius 2 is 1.03 bits per heavy atom. The van der Waals surface area contributed by atoms with Gasteiger partial charge in [-0.05, 0) is 123 Å². The molecule has 0 radical (unpaired) electrons. The number of rotatable bonds is 6. The maximum atomic E-state index is 9.82. The number of furan rings is 1. The Kier molecular flexibility index (Phi) is 6.14. The molecule has 0 saturated heterocycles. The number of benzene rings is 10. The van der Waals surface area contributed by atoms with Gasteiger partial charge in [0, 0.05) is 44.3 Å². The molecule has 2 heterocycles. The van der Waals surface area contributed by atoms with Gasteiger partial charge in [-0.3, -0.25) is 0 Å². The van der Waals surface area contributed by atoms with E-state index in [0.717, 1.165) is 49.4 Å². The molecule has 10 aromatic carbocycles. The molecule has 0 spiro atoms. The van der Waals surface area contributed by atoms with Gasteiger partial charge in [-0.1, -0.05) is 152 Å². The monoisotopic (exact) mass is 797 g/mol. The normalized spacial score (nSPS) is 14.5. The fraction of sp³-hybridized carbons (Fsp3) is 0.0169. The molecular weight excluding hydrogens is 753 g/mol. The van der Waals surface area contributed by atoms with Crippen LogP contribution >= 0.6 is 0 Å². The fourth-order valence-electron chi connectivity index (χ4n) is 10.1. The van der Waals surface area contributed by atoms with Crippen LogP contribution in [0.2, 0.25) is 0 Å². The zero-order chi connectivity index (χ0) is 46.9. The highest BCUT2D eigenvalue weighted by atomic mass is 16.3. The Morgan fingerprint density at radius 1 is 0.435 bits per heavy atom. The average molecular weight is 798 g/mol. The summed E-state index contributed by atoms with van der Waals surface area (Å²) in [6, 6.07) is 61.8. The van der Waals surface area contributed by atoms with E-state index in [4.69, 9.17) is 9.90 Å². The van der Waals surface area contributed by atoms with Crippen molar-refractivity contribution in [2.75, 3.05) is 4.90 Å². The van der Waals surface area contributed by atoms with Crippen molar-refractivity contribution in [2.24, 2.45) is 0 Å². The second-order valence-corrected chi connectivity index (χ2v) is 15.9. The van der Waals surface area contributed by atoms with Gasteiger partial charge in [0.2, 0.25) is 0 Å². The number of fused-ring (bicyclic) bond motifs is 10. The number of hydrogen-bond acceptors (Lipinski definition) is 2. The van der Waals surface area contributed by atoms with Crippen molar-refractivity contribution in [1.29, 1.82) is 0 Å². The molecule has 0 unspecified atom stereocenters. The molecule has 12 aromatic rings. The first-order chi connectivity index (χ1) is 33.7. The van der Waals surface area contributed by atoms with Crippen LogP contribution in [0.25, 0.3) is 71.3 Å². The molecule has 0 aliphatic heterocycles. The molecule has 3 heteroatoms.